The molecule has 1 aromatic carbocycles. The van der Waals surface area contributed by atoms with Gasteiger partial charge in [0, 0.05) is 20.1 Å². The lowest BCUT2D eigenvalue weighted by molar-refractivity contribution is 0.412. The topological polar surface area (TPSA) is 58.6 Å². The third kappa shape index (κ3) is 3.26. The van der Waals surface area contributed by atoms with E-state index in [0.717, 1.165) is 24.2 Å². The molecule has 0 radical (unpaired) electrons. The van der Waals surface area contributed by atoms with Crippen molar-refractivity contribution in [2.45, 2.75) is 25.3 Å². The number of nitrogens with one attached hydrogen (secondary N) is 1. The van der Waals surface area contributed by atoms with Gasteiger partial charge >= 0.3 is 0 Å². The molecule has 0 saturated carbocycles. The van der Waals surface area contributed by atoms with Gasteiger partial charge in [-0.15, -0.1) is 0 Å². The largest absolute Gasteiger partial charge is 0.497 e. The van der Waals surface area contributed by atoms with Crippen molar-refractivity contribution in [2.24, 2.45) is 0 Å². The lowest BCUT2D eigenvalue weighted by Gasteiger charge is -2.26. The zero-order valence-corrected chi connectivity index (χ0v) is 12.3. The number of nitrogens with zero attached hydrogens (tertiary/aromatic N) is 1. The van der Waals surface area contributed by atoms with Gasteiger partial charge < -0.3 is 4.74 Å². The van der Waals surface area contributed by atoms with Gasteiger partial charge in [0.2, 0.25) is 0 Å². The number of hydrogen-bond donors (Lipinski definition) is 1. The van der Waals surface area contributed by atoms with E-state index in [2.05, 4.69) is 10.8 Å². The number of benzene rings is 1. The second-order valence-corrected chi connectivity index (χ2v) is 6.90. The van der Waals surface area contributed by atoms with Crippen LogP contribution < -0.4 is 9.46 Å². The summed E-state index contributed by atoms with van der Waals surface area (Å²) in [6.07, 6.45) is 2.42. The zero-order valence-electron chi connectivity index (χ0n) is 11.5. The lowest BCUT2D eigenvalue weighted by atomic mass is 9.89. The van der Waals surface area contributed by atoms with Crippen LogP contribution in [-0.2, 0) is 23.1 Å². The van der Waals surface area contributed by atoms with Crippen molar-refractivity contribution in [2.75, 3.05) is 21.2 Å². The quantitative estimate of drug-likeness (QED) is 0.895. The van der Waals surface area contributed by atoms with Gasteiger partial charge in [0.05, 0.1) is 7.11 Å². The van der Waals surface area contributed by atoms with Crippen LogP contribution in [0.3, 0.4) is 0 Å². The van der Waals surface area contributed by atoms with Crippen molar-refractivity contribution in [3.63, 3.8) is 0 Å². The number of aryl methyl sites for hydroxylation is 1. The van der Waals surface area contributed by atoms with Crippen LogP contribution >= 0.6 is 0 Å². The van der Waals surface area contributed by atoms with E-state index in [1.54, 1.807) is 7.11 Å². The summed E-state index contributed by atoms with van der Waals surface area (Å²) in [4.78, 5) is 0. The number of hydrogen-bond acceptors (Lipinski definition) is 3. The summed E-state index contributed by atoms with van der Waals surface area (Å²) >= 11 is 0. The van der Waals surface area contributed by atoms with Crippen LogP contribution in [0, 0.1) is 0 Å². The first-order valence-corrected chi connectivity index (χ1v) is 7.72. The third-order valence-electron chi connectivity index (χ3n) is 3.44. The summed E-state index contributed by atoms with van der Waals surface area (Å²) in [5.74, 6) is 0.815. The van der Waals surface area contributed by atoms with Gasteiger partial charge in [0.25, 0.3) is 10.2 Å². The summed E-state index contributed by atoms with van der Waals surface area (Å²) in [6, 6.07) is 5.95. The smallest absolute Gasteiger partial charge is 0.279 e. The van der Waals surface area contributed by atoms with Crippen molar-refractivity contribution in [1.82, 2.24) is 9.03 Å². The van der Waals surface area contributed by atoms with E-state index in [0.29, 0.717) is 6.42 Å². The van der Waals surface area contributed by atoms with E-state index in [1.165, 1.54) is 24.0 Å². The van der Waals surface area contributed by atoms with Gasteiger partial charge in [-0.2, -0.15) is 17.4 Å². The molecule has 1 atom stereocenters. The normalized spacial score (nSPS) is 19.3. The van der Waals surface area contributed by atoms with Crippen molar-refractivity contribution < 1.29 is 13.2 Å². The van der Waals surface area contributed by atoms with Crippen LogP contribution in [0.25, 0.3) is 0 Å². The van der Waals surface area contributed by atoms with Crippen LogP contribution in [0.1, 0.15) is 17.5 Å². The Kier molecular flexibility index (Phi) is 4.13. The van der Waals surface area contributed by atoms with Gasteiger partial charge in [-0.05, 0) is 42.5 Å². The Hall–Kier alpha value is -1.11. The molecular weight excluding hydrogens is 264 g/mol. The Morgan fingerprint density at radius 2 is 2.05 bits per heavy atom. The molecule has 1 N–H and O–H groups in total. The Morgan fingerprint density at radius 1 is 1.32 bits per heavy atom. The van der Waals surface area contributed by atoms with Crippen LogP contribution in [0.5, 0.6) is 5.75 Å². The van der Waals surface area contributed by atoms with E-state index in [4.69, 9.17) is 4.74 Å². The fourth-order valence-electron chi connectivity index (χ4n) is 2.28. The molecule has 0 heterocycles. The fourth-order valence-corrected chi connectivity index (χ4v) is 3.11. The standard InChI is InChI=1S/C13H20N2O3S/c1-15(2)19(16,17)14-12-6-4-10-5-7-13(18-3)9-11(10)8-12/h5,7,9,12,14H,4,6,8H2,1-3H3. The predicted octanol–water partition coefficient (Wildman–Crippen LogP) is 0.948. The highest BCUT2D eigenvalue weighted by Crippen LogP contribution is 2.25. The van der Waals surface area contributed by atoms with E-state index >= 15 is 0 Å². The fraction of sp³-hybridized carbons (Fsp3) is 0.538. The minimum atomic E-state index is -3.36. The summed E-state index contributed by atoms with van der Waals surface area (Å²) in [5, 5.41) is 0. The highest BCUT2D eigenvalue weighted by Gasteiger charge is 2.24. The second kappa shape index (κ2) is 5.48. The highest BCUT2D eigenvalue weighted by atomic mass is 32.2. The summed E-state index contributed by atoms with van der Waals surface area (Å²) in [6.45, 7) is 0. The zero-order chi connectivity index (χ0) is 14.0. The van der Waals surface area contributed by atoms with Crippen molar-refractivity contribution in [1.29, 1.82) is 0 Å². The molecule has 1 aliphatic carbocycles. The molecule has 0 saturated heterocycles. The maximum absolute atomic E-state index is 11.8. The van der Waals surface area contributed by atoms with Gasteiger partial charge in [-0.1, -0.05) is 6.07 Å². The first-order valence-electron chi connectivity index (χ1n) is 6.28. The molecule has 0 amide bonds. The van der Waals surface area contributed by atoms with E-state index in [9.17, 15) is 8.42 Å². The first-order chi connectivity index (χ1) is 8.92. The Labute approximate surface area is 114 Å². The number of rotatable bonds is 4. The van der Waals surface area contributed by atoms with Gasteiger partial charge in [-0.3, -0.25) is 0 Å². The second-order valence-electron chi connectivity index (χ2n) is 4.98. The molecule has 0 aliphatic heterocycles. The number of ether oxygens (including phenoxy) is 1. The molecule has 1 unspecified atom stereocenters. The monoisotopic (exact) mass is 284 g/mol. The minimum Gasteiger partial charge on any atom is -0.497 e. The Morgan fingerprint density at radius 3 is 2.68 bits per heavy atom. The maximum atomic E-state index is 11.8. The maximum Gasteiger partial charge on any atom is 0.279 e. The molecule has 0 fully saturated rings. The van der Waals surface area contributed by atoms with Crippen LogP contribution in [-0.4, -0.2) is 40.0 Å². The number of methoxy groups -OCH3 is 1. The molecule has 5 nitrogen and oxygen atoms in total. The van der Waals surface area contributed by atoms with Crippen molar-refractivity contribution in [3.8, 4) is 5.75 Å². The molecular formula is C13H20N2O3S. The predicted molar refractivity (Wildman–Crippen MR) is 74.5 cm³/mol. The molecule has 1 aliphatic rings. The summed E-state index contributed by atoms with van der Waals surface area (Å²) in [5.41, 5.74) is 2.44. The lowest BCUT2D eigenvalue weighted by Crippen LogP contribution is -2.44. The van der Waals surface area contributed by atoms with Crippen molar-refractivity contribution >= 4 is 10.2 Å². The average molecular weight is 284 g/mol. The highest BCUT2D eigenvalue weighted by molar-refractivity contribution is 7.87. The van der Waals surface area contributed by atoms with Crippen LogP contribution in [0.4, 0.5) is 0 Å². The average Bonchev–Trinajstić information content (AvgIpc) is 2.37. The summed E-state index contributed by atoms with van der Waals surface area (Å²) < 4.78 is 32.8. The van der Waals surface area contributed by atoms with Gasteiger partial charge in [0.15, 0.2) is 0 Å². The minimum absolute atomic E-state index is 0.0491. The Balaban J connectivity index is 2.13. The Bertz CT molecular complexity index is 555. The molecule has 1 aromatic rings. The number of fused-ring (bicyclic) bond motifs is 1. The van der Waals surface area contributed by atoms with E-state index in [1.807, 2.05) is 12.1 Å². The van der Waals surface area contributed by atoms with Crippen molar-refractivity contribution in [3.05, 3.63) is 29.3 Å². The SMILES string of the molecule is COc1ccc2c(c1)CC(NS(=O)(=O)N(C)C)CC2. The molecule has 0 bridgehead atoms. The van der Waals surface area contributed by atoms with Gasteiger partial charge in [-0.25, -0.2) is 0 Å². The third-order valence-corrected chi connectivity index (χ3v) is 5.03. The van der Waals surface area contributed by atoms with Crippen LogP contribution in [0.2, 0.25) is 0 Å². The van der Waals surface area contributed by atoms with E-state index < -0.39 is 10.2 Å². The molecule has 106 valence electrons. The van der Waals surface area contributed by atoms with E-state index in [-0.39, 0.29) is 6.04 Å². The molecule has 6 heteroatoms. The molecule has 0 aromatic heterocycles. The first kappa shape index (κ1) is 14.3. The molecule has 2 rings (SSSR count). The van der Waals surface area contributed by atoms with Gasteiger partial charge in [0.1, 0.15) is 5.75 Å². The molecule has 19 heavy (non-hydrogen) atoms. The van der Waals surface area contributed by atoms with Crippen LogP contribution in [0.15, 0.2) is 18.2 Å². The molecule has 0 spiro atoms. The summed E-state index contributed by atoms with van der Waals surface area (Å²) in [7, 11) is 1.33.